The highest BCUT2D eigenvalue weighted by atomic mass is 79.9. The number of carbonyl (C=O) groups is 6. The molecule has 1 saturated heterocycles. The number of benzene rings is 1. The summed E-state index contributed by atoms with van der Waals surface area (Å²) in [5, 5.41) is 3.45. The number of carbonyl (C=O) groups excluding carboxylic acids is 6. The van der Waals surface area contributed by atoms with Crippen LogP contribution in [0.4, 0.5) is 0 Å². The van der Waals surface area contributed by atoms with E-state index in [0.29, 0.717) is 16.3 Å². The molecule has 1 aromatic carbocycles. The molecule has 4 unspecified atom stereocenters. The van der Waals surface area contributed by atoms with Gasteiger partial charge in [-0.05, 0) is 17.7 Å². The van der Waals surface area contributed by atoms with E-state index in [0.717, 1.165) is 41.7 Å². The molecule has 0 aliphatic carbocycles. The average Bonchev–Trinajstić information content (AvgIpc) is 2.97. The van der Waals surface area contributed by atoms with Crippen LogP contribution in [0.25, 0.3) is 11.0 Å². The lowest BCUT2D eigenvalue weighted by molar-refractivity contribution is -0.289. The number of amides is 1. The van der Waals surface area contributed by atoms with E-state index in [1.807, 2.05) is 0 Å². The number of hydrogen-bond acceptors (Lipinski definition) is 15. The molecule has 0 saturated carbocycles. The first-order valence-electron chi connectivity index (χ1n) is 14.1. The first kappa shape index (κ1) is 37.0. The molecule has 16 nitrogen and oxygen atoms in total. The van der Waals surface area contributed by atoms with Gasteiger partial charge in [0.05, 0.1) is 19.6 Å². The van der Waals surface area contributed by atoms with Crippen LogP contribution in [0.15, 0.2) is 33.5 Å². The third-order valence-electron chi connectivity index (χ3n) is 6.72. The molecule has 0 radical (unpaired) electrons. The third-order valence-corrected chi connectivity index (χ3v) is 7.33. The van der Waals surface area contributed by atoms with Gasteiger partial charge < -0.3 is 42.9 Å². The zero-order chi connectivity index (χ0) is 35.1. The van der Waals surface area contributed by atoms with E-state index >= 15 is 0 Å². The Bertz CT molecular complexity index is 1590. The summed E-state index contributed by atoms with van der Waals surface area (Å²) >= 11 is 3.32. The first-order valence-corrected chi connectivity index (χ1v) is 15.2. The van der Waals surface area contributed by atoms with Gasteiger partial charge in [-0.25, -0.2) is 9.59 Å². The molecule has 0 bridgehead atoms. The Morgan fingerprint density at radius 3 is 2.21 bits per heavy atom. The van der Waals surface area contributed by atoms with Crippen LogP contribution in [0, 0.1) is 0 Å². The molecule has 47 heavy (non-hydrogen) atoms. The topological polar surface area (TPSA) is 209 Å². The standard InChI is InChI=1S/C30H34BrNO15/c1-14(33)32-26-23(42-16(3)35)11-30(29(39)40-6,46-20-7-8-21-19(12-31)9-25(38)45-22(21)10-20)47-28(26)27(44-18(5)37)24(43-17(4)36)13-41-15(2)34/h7-10,23-24,26-28H,11-13H2,1-6H3,(H,32,33)/t23?,24-,26?,27-,28?,30?/m1/s1. The fraction of sp³-hybridized carbons (Fsp3) is 0.500. The number of halogens is 1. The molecule has 1 aliphatic rings. The van der Waals surface area contributed by atoms with Crippen LogP contribution in [0.2, 0.25) is 0 Å². The second-order valence-electron chi connectivity index (χ2n) is 10.4. The highest BCUT2D eigenvalue weighted by Gasteiger charge is 2.60. The minimum atomic E-state index is -2.49. The molecule has 17 heteroatoms. The molecule has 3 rings (SSSR count). The number of esters is 5. The smallest absolute Gasteiger partial charge is 0.379 e. The van der Waals surface area contributed by atoms with Gasteiger partial charge in [-0.3, -0.25) is 24.0 Å². The van der Waals surface area contributed by atoms with Gasteiger partial charge in [-0.2, -0.15) is 0 Å². The van der Waals surface area contributed by atoms with Crippen LogP contribution in [-0.2, 0) is 62.5 Å². The monoisotopic (exact) mass is 727 g/mol. The summed E-state index contributed by atoms with van der Waals surface area (Å²) in [6.45, 7) is 4.73. The molecule has 6 atom stereocenters. The van der Waals surface area contributed by atoms with Crippen molar-refractivity contribution in [1.82, 2.24) is 5.32 Å². The second kappa shape index (κ2) is 15.9. The van der Waals surface area contributed by atoms with Gasteiger partial charge in [-0.1, -0.05) is 15.9 Å². The molecule has 2 heterocycles. The average molecular weight is 728 g/mol. The number of alkyl halides is 1. The SMILES string of the molecule is COC(=O)C1(Oc2ccc3c(CBr)cc(=O)oc3c2)CC(OC(C)=O)C(NC(C)=O)C([C@H](OC(C)=O)[C@@H](COC(C)=O)OC(C)=O)O1. The Morgan fingerprint density at radius 2 is 1.66 bits per heavy atom. The lowest BCUT2D eigenvalue weighted by Crippen LogP contribution is -2.70. The van der Waals surface area contributed by atoms with Crippen molar-refractivity contribution in [2.75, 3.05) is 13.7 Å². The lowest BCUT2D eigenvalue weighted by atomic mass is 9.88. The van der Waals surface area contributed by atoms with Crippen LogP contribution in [-0.4, -0.2) is 85.7 Å². The van der Waals surface area contributed by atoms with Crippen LogP contribution >= 0.6 is 15.9 Å². The Labute approximate surface area is 276 Å². The Balaban J connectivity index is 2.26. The molecular formula is C30H34BrNO15. The van der Waals surface area contributed by atoms with E-state index in [-0.39, 0.29) is 11.3 Å². The molecule has 1 aromatic heterocycles. The number of rotatable bonds is 12. The molecule has 1 amide bonds. The zero-order valence-corrected chi connectivity index (χ0v) is 27.9. The minimum Gasteiger partial charge on any atom is -0.464 e. The predicted molar refractivity (Wildman–Crippen MR) is 161 cm³/mol. The fourth-order valence-corrected chi connectivity index (χ4v) is 5.54. The zero-order valence-electron chi connectivity index (χ0n) is 26.3. The van der Waals surface area contributed by atoms with Crippen molar-refractivity contribution in [3.05, 3.63) is 40.2 Å². The van der Waals surface area contributed by atoms with E-state index in [4.69, 9.17) is 37.6 Å². The van der Waals surface area contributed by atoms with E-state index in [1.165, 1.54) is 18.2 Å². The Morgan fingerprint density at radius 1 is 0.979 bits per heavy atom. The quantitative estimate of drug-likeness (QED) is 0.142. The highest BCUT2D eigenvalue weighted by molar-refractivity contribution is 9.08. The number of fused-ring (bicyclic) bond motifs is 1. The molecule has 1 fully saturated rings. The number of nitrogens with one attached hydrogen (secondary N) is 1. The van der Waals surface area contributed by atoms with Crippen molar-refractivity contribution in [3.63, 3.8) is 0 Å². The maximum absolute atomic E-state index is 13.6. The summed E-state index contributed by atoms with van der Waals surface area (Å²) < 4.78 is 44.2. The Hall–Kier alpha value is -4.51. The molecule has 1 aliphatic heterocycles. The summed E-state index contributed by atoms with van der Waals surface area (Å²) in [6.07, 6.45) is -6.98. The normalized spacial score (nSPS) is 21.8. The summed E-state index contributed by atoms with van der Waals surface area (Å²) in [4.78, 5) is 86.7. The molecule has 0 spiro atoms. The molecule has 1 N–H and O–H groups in total. The van der Waals surface area contributed by atoms with E-state index in [1.54, 1.807) is 6.07 Å². The van der Waals surface area contributed by atoms with Crippen molar-refractivity contribution in [1.29, 1.82) is 0 Å². The van der Waals surface area contributed by atoms with Gasteiger partial charge in [0.15, 0.2) is 12.2 Å². The van der Waals surface area contributed by atoms with Crippen LogP contribution < -0.4 is 15.7 Å². The van der Waals surface area contributed by atoms with Crippen LogP contribution in [0.1, 0.15) is 46.6 Å². The van der Waals surface area contributed by atoms with Crippen molar-refractivity contribution in [2.45, 2.75) is 82.6 Å². The van der Waals surface area contributed by atoms with Gasteiger partial charge in [0.2, 0.25) is 5.91 Å². The van der Waals surface area contributed by atoms with Crippen LogP contribution in [0.3, 0.4) is 0 Å². The number of methoxy groups -OCH3 is 1. The summed E-state index contributed by atoms with van der Waals surface area (Å²) in [5.74, 6) is -7.77. The third kappa shape index (κ3) is 9.51. The van der Waals surface area contributed by atoms with Crippen molar-refractivity contribution < 1.29 is 66.3 Å². The van der Waals surface area contributed by atoms with E-state index in [9.17, 15) is 33.6 Å². The van der Waals surface area contributed by atoms with E-state index < -0.39 is 90.7 Å². The second-order valence-corrected chi connectivity index (χ2v) is 11.0. The van der Waals surface area contributed by atoms with Gasteiger partial charge in [0.1, 0.15) is 30.1 Å². The maximum atomic E-state index is 13.6. The molecular weight excluding hydrogens is 694 g/mol. The summed E-state index contributed by atoms with van der Waals surface area (Å²) in [5.41, 5.74) is 0.0574. The molecule has 256 valence electrons. The number of ether oxygens (including phenoxy) is 7. The van der Waals surface area contributed by atoms with Crippen molar-refractivity contribution in [2.24, 2.45) is 0 Å². The van der Waals surface area contributed by atoms with Gasteiger partial charge in [0.25, 0.3) is 0 Å². The number of hydrogen-bond donors (Lipinski definition) is 1. The fourth-order valence-electron chi connectivity index (χ4n) is 5.08. The minimum absolute atomic E-state index is 0.0726. The van der Waals surface area contributed by atoms with Gasteiger partial charge >= 0.3 is 41.3 Å². The Kier molecular flexibility index (Phi) is 12.5. The highest BCUT2D eigenvalue weighted by Crippen LogP contribution is 2.38. The molecule has 2 aromatic rings. The summed E-state index contributed by atoms with van der Waals surface area (Å²) in [6, 6.07) is 4.27. The van der Waals surface area contributed by atoms with Gasteiger partial charge in [0, 0.05) is 57.5 Å². The van der Waals surface area contributed by atoms with E-state index in [2.05, 4.69) is 21.2 Å². The van der Waals surface area contributed by atoms with Crippen LogP contribution in [0.5, 0.6) is 5.75 Å². The first-order chi connectivity index (χ1) is 22.1. The summed E-state index contributed by atoms with van der Waals surface area (Å²) in [7, 11) is 1.03. The maximum Gasteiger partial charge on any atom is 0.379 e. The lowest BCUT2D eigenvalue weighted by Gasteiger charge is -2.48. The van der Waals surface area contributed by atoms with Crippen molar-refractivity contribution in [3.8, 4) is 5.75 Å². The van der Waals surface area contributed by atoms with Crippen molar-refractivity contribution >= 4 is 62.7 Å². The van der Waals surface area contributed by atoms with Gasteiger partial charge in [-0.15, -0.1) is 0 Å². The largest absolute Gasteiger partial charge is 0.464 e. The predicted octanol–water partition coefficient (Wildman–Crippen LogP) is 1.59.